The molecule has 0 unspecified atom stereocenters. The second-order valence-electron chi connectivity index (χ2n) is 5.44. The van der Waals surface area contributed by atoms with Crippen LogP contribution in [0.5, 0.6) is 0 Å². The van der Waals surface area contributed by atoms with E-state index in [-0.39, 0.29) is 11.3 Å². The Morgan fingerprint density at radius 1 is 1.00 bits per heavy atom. The van der Waals surface area contributed by atoms with Crippen molar-refractivity contribution in [3.63, 3.8) is 0 Å². The van der Waals surface area contributed by atoms with Crippen molar-refractivity contribution in [2.45, 2.75) is 31.9 Å². The van der Waals surface area contributed by atoms with Crippen LogP contribution in [0.15, 0.2) is 36.5 Å². The number of hydrogen-bond acceptors (Lipinski definition) is 2. The smallest absolute Gasteiger partial charge is 0.289 e. The number of aryl methyl sites for hydroxylation is 2. The largest absolute Gasteiger partial charge is 0.416 e. The SMILES string of the molecule is O=C(c1ccc(C(F)(F)F)cc1)c1cnc2c(c1)CCCC2. The van der Waals surface area contributed by atoms with Crippen LogP contribution < -0.4 is 0 Å². The number of hydrogen-bond donors (Lipinski definition) is 0. The third-order valence-corrected chi connectivity index (χ3v) is 3.91. The van der Waals surface area contributed by atoms with E-state index >= 15 is 0 Å². The Morgan fingerprint density at radius 2 is 1.68 bits per heavy atom. The number of aromatic nitrogens is 1. The van der Waals surface area contributed by atoms with Crippen molar-refractivity contribution in [1.82, 2.24) is 4.98 Å². The first-order valence-electron chi connectivity index (χ1n) is 7.15. The molecular formula is C17H14F3NO. The van der Waals surface area contributed by atoms with Crippen LogP contribution in [0.25, 0.3) is 0 Å². The molecule has 22 heavy (non-hydrogen) atoms. The lowest BCUT2D eigenvalue weighted by Gasteiger charge is -2.15. The zero-order valence-electron chi connectivity index (χ0n) is 11.8. The minimum atomic E-state index is -4.39. The standard InChI is InChI=1S/C17H14F3NO/c18-17(19,20)14-7-5-11(6-8-14)16(22)13-9-12-3-1-2-4-15(12)21-10-13/h5-10H,1-4H2. The molecule has 5 heteroatoms. The highest BCUT2D eigenvalue weighted by molar-refractivity contribution is 6.08. The van der Waals surface area contributed by atoms with Crippen molar-refractivity contribution in [3.05, 3.63) is 64.5 Å². The average molecular weight is 305 g/mol. The first-order chi connectivity index (χ1) is 10.4. The van der Waals surface area contributed by atoms with E-state index in [9.17, 15) is 18.0 Å². The molecule has 0 aliphatic heterocycles. The molecule has 1 aromatic heterocycles. The van der Waals surface area contributed by atoms with Gasteiger partial charge in [-0.25, -0.2) is 0 Å². The molecule has 114 valence electrons. The summed E-state index contributed by atoms with van der Waals surface area (Å²) in [5.41, 5.74) is 2.01. The molecule has 1 aromatic carbocycles. The van der Waals surface area contributed by atoms with Gasteiger partial charge in [-0.3, -0.25) is 9.78 Å². The third-order valence-electron chi connectivity index (χ3n) is 3.91. The Bertz CT molecular complexity index is 705. The van der Waals surface area contributed by atoms with Gasteiger partial charge >= 0.3 is 6.18 Å². The second-order valence-corrected chi connectivity index (χ2v) is 5.44. The van der Waals surface area contributed by atoms with Crippen molar-refractivity contribution in [3.8, 4) is 0 Å². The van der Waals surface area contributed by atoms with Crippen molar-refractivity contribution >= 4 is 5.78 Å². The topological polar surface area (TPSA) is 30.0 Å². The van der Waals surface area contributed by atoms with Gasteiger partial charge in [0, 0.05) is 23.0 Å². The van der Waals surface area contributed by atoms with Crippen molar-refractivity contribution in [1.29, 1.82) is 0 Å². The summed E-state index contributed by atoms with van der Waals surface area (Å²) in [5.74, 6) is -0.297. The van der Waals surface area contributed by atoms with E-state index in [4.69, 9.17) is 0 Å². The summed E-state index contributed by atoms with van der Waals surface area (Å²) < 4.78 is 37.6. The van der Waals surface area contributed by atoms with Crippen LogP contribution in [0, 0.1) is 0 Å². The number of nitrogens with zero attached hydrogens (tertiary/aromatic N) is 1. The van der Waals surface area contributed by atoms with E-state index in [1.165, 1.54) is 18.3 Å². The molecular weight excluding hydrogens is 291 g/mol. The molecule has 0 N–H and O–H groups in total. The highest BCUT2D eigenvalue weighted by atomic mass is 19.4. The number of pyridine rings is 1. The van der Waals surface area contributed by atoms with Crippen LogP contribution in [0.4, 0.5) is 13.2 Å². The molecule has 0 atom stereocenters. The summed E-state index contributed by atoms with van der Waals surface area (Å²) in [6.07, 6.45) is 1.12. The van der Waals surface area contributed by atoms with Gasteiger partial charge in [0.25, 0.3) is 0 Å². The lowest BCUT2D eigenvalue weighted by Crippen LogP contribution is -2.10. The highest BCUT2D eigenvalue weighted by Gasteiger charge is 2.30. The summed E-state index contributed by atoms with van der Waals surface area (Å²) in [6, 6.07) is 6.11. The molecule has 1 aliphatic rings. The van der Waals surface area contributed by atoms with Gasteiger partial charge in [-0.15, -0.1) is 0 Å². The highest BCUT2D eigenvalue weighted by Crippen LogP contribution is 2.29. The van der Waals surface area contributed by atoms with Gasteiger partial charge < -0.3 is 0 Å². The minimum absolute atomic E-state index is 0.241. The number of carbonyl (C=O) groups is 1. The lowest BCUT2D eigenvalue weighted by atomic mass is 9.93. The molecule has 2 aromatic rings. The quantitative estimate of drug-likeness (QED) is 0.778. The summed E-state index contributed by atoms with van der Waals surface area (Å²) in [7, 11) is 0. The van der Waals surface area contributed by atoms with Crippen LogP contribution in [0.2, 0.25) is 0 Å². The molecule has 0 spiro atoms. The Labute approximate surface area is 126 Å². The molecule has 1 heterocycles. The third kappa shape index (κ3) is 2.89. The van der Waals surface area contributed by atoms with E-state index < -0.39 is 11.7 Å². The zero-order valence-corrected chi connectivity index (χ0v) is 11.8. The van der Waals surface area contributed by atoms with Crippen LogP contribution in [-0.2, 0) is 19.0 Å². The normalized spacial score (nSPS) is 14.5. The summed E-state index contributed by atoms with van der Waals surface area (Å²) in [4.78, 5) is 16.7. The lowest BCUT2D eigenvalue weighted by molar-refractivity contribution is -0.137. The molecule has 2 nitrogen and oxygen atoms in total. The van der Waals surface area contributed by atoms with E-state index in [1.54, 1.807) is 0 Å². The molecule has 0 bridgehead atoms. The fraction of sp³-hybridized carbons (Fsp3) is 0.294. The van der Waals surface area contributed by atoms with Crippen LogP contribution in [0.1, 0.15) is 45.6 Å². The summed E-state index contributed by atoms with van der Waals surface area (Å²) in [6.45, 7) is 0. The molecule has 3 rings (SSSR count). The predicted octanol–water partition coefficient (Wildman–Crippen LogP) is 4.21. The Hall–Kier alpha value is -2.17. The van der Waals surface area contributed by atoms with E-state index in [0.29, 0.717) is 5.56 Å². The van der Waals surface area contributed by atoms with Gasteiger partial charge in [-0.05, 0) is 49.4 Å². The predicted molar refractivity (Wildman–Crippen MR) is 75.8 cm³/mol. The summed E-state index contributed by atoms with van der Waals surface area (Å²) >= 11 is 0. The van der Waals surface area contributed by atoms with Gasteiger partial charge in [0.2, 0.25) is 0 Å². The van der Waals surface area contributed by atoms with Gasteiger partial charge in [-0.1, -0.05) is 12.1 Å². The van der Waals surface area contributed by atoms with Gasteiger partial charge in [0.15, 0.2) is 5.78 Å². The van der Waals surface area contributed by atoms with E-state index in [0.717, 1.165) is 49.1 Å². The Kier molecular flexibility index (Phi) is 3.72. The minimum Gasteiger partial charge on any atom is -0.289 e. The fourth-order valence-electron chi connectivity index (χ4n) is 2.69. The van der Waals surface area contributed by atoms with Crippen molar-refractivity contribution < 1.29 is 18.0 Å². The average Bonchev–Trinajstić information content (AvgIpc) is 2.53. The van der Waals surface area contributed by atoms with Crippen molar-refractivity contribution in [2.75, 3.05) is 0 Å². The van der Waals surface area contributed by atoms with Gasteiger partial charge in [0.1, 0.15) is 0 Å². The first-order valence-corrected chi connectivity index (χ1v) is 7.15. The van der Waals surface area contributed by atoms with Crippen LogP contribution >= 0.6 is 0 Å². The molecule has 1 aliphatic carbocycles. The molecule has 0 fully saturated rings. The maximum absolute atomic E-state index is 12.5. The molecule has 0 saturated heterocycles. The number of carbonyl (C=O) groups excluding carboxylic acids is 1. The Morgan fingerprint density at radius 3 is 2.36 bits per heavy atom. The maximum atomic E-state index is 12.5. The molecule has 0 radical (unpaired) electrons. The zero-order chi connectivity index (χ0) is 15.7. The first kappa shape index (κ1) is 14.8. The second kappa shape index (κ2) is 5.55. The van der Waals surface area contributed by atoms with Gasteiger partial charge in [0.05, 0.1) is 5.56 Å². The van der Waals surface area contributed by atoms with Crippen molar-refractivity contribution in [2.24, 2.45) is 0 Å². The van der Waals surface area contributed by atoms with Gasteiger partial charge in [-0.2, -0.15) is 13.2 Å². The Balaban J connectivity index is 1.87. The number of benzene rings is 1. The number of rotatable bonds is 2. The van der Waals surface area contributed by atoms with Crippen LogP contribution in [-0.4, -0.2) is 10.8 Å². The fourth-order valence-corrected chi connectivity index (χ4v) is 2.69. The monoisotopic (exact) mass is 305 g/mol. The maximum Gasteiger partial charge on any atom is 0.416 e. The number of ketones is 1. The number of fused-ring (bicyclic) bond motifs is 1. The number of halogens is 3. The van der Waals surface area contributed by atoms with E-state index in [1.807, 2.05) is 6.07 Å². The molecule has 0 saturated carbocycles. The van der Waals surface area contributed by atoms with E-state index in [2.05, 4.69) is 4.98 Å². The molecule has 0 amide bonds. The summed E-state index contributed by atoms with van der Waals surface area (Å²) in [5, 5.41) is 0. The number of alkyl halides is 3. The van der Waals surface area contributed by atoms with Crippen LogP contribution in [0.3, 0.4) is 0 Å².